The lowest BCUT2D eigenvalue weighted by atomic mass is 10.1. The number of nitrogens with one attached hydrogen (secondary N) is 1. The number of hydrogen-bond donors (Lipinski definition) is 1. The van der Waals surface area contributed by atoms with Crippen LogP contribution in [-0.2, 0) is 6.42 Å². The van der Waals surface area contributed by atoms with Crippen LogP contribution >= 0.6 is 0 Å². The van der Waals surface area contributed by atoms with Crippen molar-refractivity contribution < 1.29 is 4.74 Å². The highest BCUT2D eigenvalue weighted by Gasteiger charge is 2.14. The molecule has 1 rings (SSSR count). The maximum absolute atomic E-state index is 5.39. The fourth-order valence-electron chi connectivity index (χ4n) is 2.07. The van der Waals surface area contributed by atoms with Gasteiger partial charge in [0.05, 0.1) is 19.0 Å². The van der Waals surface area contributed by atoms with Gasteiger partial charge >= 0.3 is 0 Å². The first-order valence-corrected chi connectivity index (χ1v) is 6.93. The largest absolute Gasteiger partial charge is 0.493 e. The molecule has 0 saturated carbocycles. The summed E-state index contributed by atoms with van der Waals surface area (Å²) in [6.07, 6.45) is 5.10. The molecule has 0 amide bonds. The van der Waals surface area contributed by atoms with Gasteiger partial charge in [0.15, 0.2) is 5.75 Å². The summed E-state index contributed by atoms with van der Waals surface area (Å²) in [5.74, 6) is 0.909. The monoisotopic (exact) mass is 253 g/mol. The highest BCUT2D eigenvalue weighted by atomic mass is 16.5. The van der Waals surface area contributed by atoms with Crippen molar-refractivity contribution in [1.82, 2.24) is 15.1 Å². The number of hydrogen-bond acceptors (Lipinski definition) is 3. The van der Waals surface area contributed by atoms with E-state index in [1.807, 2.05) is 6.20 Å². The predicted molar refractivity (Wildman–Crippen MR) is 75.2 cm³/mol. The summed E-state index contributed by atoms with van der Waals surface area (Å²) in [6.45, 7) is 9.81. The van der Waals surface area contributed by atoms with Crippen LogP contribution in [0.2, 0.25) is 0 Å². The van der Waals surface area contributed by atoms with E-state index in [0.29, 0.717) is 12.1 Å². The molecule has 1 atom stereocenters. The van der Waals surface area contributed by atoms with Crippen LogP contribution in [0.5, 0.6) is 5.75 Å². The van der Waals surface area contributed by atoms with Crippen LogP contribution in [0.3, 0.4) is 0 Å². The molecule has 1 N–H and O–H groups in total. The SMILES string of the molecule is CCCNC(C)CCc1c(OC)cnn1C(C)C. The van der Waals surface area contributed by atoms with Crippen molar-refractivity contribution in [1.29, 1.82) is 0 Å². The van der Waals surface area contributed by atoms with Crippen LogP contribution in [-0.4, -0.2) is 29.5 Å². The highest BCUT2D eigenvalue weighted by molar-refractivity contribution is 5.25. The van der Waals surface area contributed by atoms with E-state index in [0.717, 1.165) is 25.1 Å². The summed E-state index contributed by atoms with van der Waals surface area (Å²) >= 11 is 0. The van der Waals surface area contributed by atoms with Gasteiger partial charge in [-0.05, 0) is 46.6 Å². The van der Waals surface area contributed by atoms with Crippen molar-refractivity contribution >= 4 is 0 Å². The molecule has 0 fully saturated rings. The van der Waals surface area contributed by atoms with Crippen LogP contribution in [0, 0.1) is 0 Å². The average molecular weight is 253 g/mol. The second-order valence-corrected chi connectivity index (χ2v) is 5.09. The van der Waals surface area contributed by atoms with Gasteiger partial charge in [-0.1, -0.05) is 6.92 Å². The lowest BCUT2D eigenvalue weighted by Gasteiger charge is -2.16. The van der Waals surface area contributed by atoms with Gasteiger partial charge in [0, 0.05) is 12.1 Å². The maximum Gasteiger partial charge on any atom is 0.159 e. The normalized spacial score (nSPS) is 13.0. The molecule has 0 aliphatic heterocycles. The van der Waals surface area contributed by atoms with Gasteiger partial charge < -0.3 is 10.1 Å². The minimum atomic E-state index is 0.378. The lowest BCUT2D eigenvalue weighted by Crippen LogP contribution is -2.27. The molecule has 0 saturated heterocycles. The topological polar surface area (TPSA) is 39.1 Å². The van der Waals surface area contributed by atoms with Crippen molar-refractivity contribution in [2.24, 2.45) is 0 Å². The third-order valence-electron chi connectivity index (χ3n) is 3.13. The number of aromatic nitrogens is 2. The first-order chi connectivity index (χ1) is 8.60. The number of rotatable bonds is 8. The van der Waals surface area contributed by atoms with Crippen LogP contribution in [0.4, 0.5) is 0 Å². The standard InChI is InChI=1S/C14H27N3O/c1-6-9-15-12(4)7-8-13-14(18-5)10-16-17(13)11(2)3/h10-12,15H,6-9H2,1-5H3. The molecule has 0 spiro atoms. The van der Waals surface area contributed by atoms with Crippen LogP contribution in [0.15, 0.2) is 6.20 Å². The minimum Gasteiger partial charge on any atom is -0.493 e. The first-order valence-electron chi connectivity index (χ1n) is 6.93. The molecule has 1 aromatic heterocycles. The van der Waals surface area contributed by atoms with Crippen molar-refractivity contribution in [2.75, 3.05) is 13.7 Å². The van der Waals surface area contributed by atoms with Crippen molar-refractivity contribution in [2.45, 2.75) is 59.0 Å². The van der Waals surface area contributed by atoms with Gasteiger partial charge in [-0.25, -0.2) is 0 Å². The Morgan fingerprint density at radius 3 is 2.67 bits per heavy atom. The lowest BCUT2D eigenvalue weighted by molar-refractivity contribution is 0.399. The van der Waals surface area contributed by atoms with E-state index in [4.69, 9.17) is 4.74 Å². The average Bonchev–Trinajstić information content (AvgIpc) is 2.76. The Labute approximate surface area is 111 Å². The van der Waals surface area contributed by atoms with Crippen molar-refractivity contribution in [3.05, 3.63) is 11.9 Å². The summed E-state index contributed by atoms with van der Waals surface area (Å²) in [5, 5.41) is 7.91. The van der Waals surface area contributed by atoms with E-state index in [2.05, 4.69) is 42.8 Å². The molecule has 0 aromatic carbocycles. The van der Waals surface area contributed by atoms with E-state index in [1.54, 1.807) is 7.11 Å². The number of ether oxygens (including phenoxy) is 1. The van der Waals surface area contributed by atoms with E-state index in [-0.39, 0.29) is 0 Å². The molecule has 4 nitrogen and oxygen atoms in total. The summed E-state index contributed by atoms with van der Waals surface area (Å²) in [6, 6.07) is 0.910. The maximum atomic E-state index is 5.39. The molecule has 4 heteroatoms. The Kier molecular flexibility index (Phi) is 6.19. The zero-order chi connectivity index (χ0) is 13.5. The Morgan fingerprint density at radius 2 is 2.11 bits per heavy atom. The molecule has 0 aliphatic rings. The van der Waals surface area contributed by atoms with Crippen LogP contribution in [0.1, 0.15) is 52.3 Å². The quantitative estimate of drug-likeness (QED) is 0.774. The first kappa shape index (κ1) is 15.0. The molecule has 0 bridgehead atoms. The van der Waals surface area contributed by atoms with Crippen LogP contribution < -0.4 is 10.1 Å². The Hall–Kier alpha value is -1.03. The minimum absolute atomic E-state index is 0.378. The molecule has 18 heavy (non-hydrogen) atoms. The second-order valence-electron chi connectivity index (χ2n) is 5.09. The smallest absolute Gasteiger partial charge is 0.159 e. The Bertz CT molecular complexity index is 347. The zero-order valence-corrected chi connectivity index (χ0v) is 12.4. The molecule has 1 heterocycles. The van der Waals surface area contributed by atoms with E-state index in [1.165, 1.54) is 12.1 Å². The molecule has 0 radical (unpaired) electrons. The fraction of sp³-hybridized carbons (Fsp3) is 0.786. The van der Waals surface area contributed by atoms with Gasteiger partial charge in [-0.15, -0.1) is 0 Å². The summed E-state index contributed by atoms with van der Waals surface area (Å²) in [4.78, 5) is 0. The van der Waals surface area contributed by atoms with Gasteiger partial charge in [0.1, 0.15) is 0 Å². The molecule has 1 unspecified atom stereocenters. The van der Waals surface area contributed by atoms with Gasteiger partial charge in [-0.3, -0.25) is 4.68 Å². The van der Waals surface area contributed by atoms with E-state index in [9.17, 15) is 0 Å². The molecule has 1 aromatic rings. The summed E-state index contributed by atoms with van der Waals surface area (Å²) < 4.78 is 7.45. The predicted octanol–water partition coefficient (Wildman–Crippen LogP) is 2.79. The van der Waals surface area contributed by atoms with E-state index < -0.39 is 0 Å². The van der Waals surface area contributed by atoms with Crippen LogP contribution in [0.25, 0.3) is 0 Å². The Balaban J connectivity index is 2.62. The highest BCUT2D eigenvalue weighted by Crippen LogP contribution is 2.22. The molecule has 104 valence electrons. The van der Waals surface area contributed by atoms with Crippen molar-refractivity contribution in [3.8, 4) is 5.75 Å². The molecular weight excluding hydrogens is 226 g/mol. The Morgan fingerprint density at radius 1 is 1.39 bits per heavy atom. The van der Waals surface area contributed by atoms with E-state index >= 15 is 0 Å². The summed E-state index contributed by atoms with van der Waals surface area (Å²) in [7, 11) is 1.71. The number of nitrogens with zero attached hydrogens (tertiary/aromatic N) is 2. The van der Waals surface area contributed by atoms with Gasteiger partial charge in [-0.2, -0.15) is 5.10 Å². The molecule has 0 aliphatic carbocycles. The summed E-state index contributed by atoms with van der Waals surface area (Å²) in [5.41, 5.74) is 1.21. The fourth-order valence-corrected chi connectivity index (χ4v) is 2.07. The number of methoxy groups -OCH3 is 1. The molecular formula is C14H27N3O. The third-order valence-corrected chi connectivity index (χ3v) is 3.13. The van der Waals surface area contributed by atoms with Gasteiger partial charge in [0.2, 0.25) is 0 Å². The second kappa shape index (κ2) is 7.41. The zero-order valence-electron chi connectivity index (χ0n) is 12.4. The van der Waals surface area contributed by atoms with Gasteiger partial charge in [0.25, 0.3) is 0 Å². The third kappa shape index (κ3) is 4.02. The van der Waals surface area contributed by atoms with Crippen molar-refractivity contribution in [3.63, 3.8) is 0 Å².